The number of ether oxygens (including phenoxy) is 2. The smallest absolute Gasteiger partial charge is 0.260 e. The number of hydrogen-bond acceptors (Lipinski definition) is 6. The van der Waals surface area contributed by atoms with E-state index in [2.05, 4.69) is 287 Å². The summed E-state index contributed by atoms with van der Waals surface area (Å²) in [6.07, 6.45) is 0. The van der Waals surface area contributed by atoms with E-state index in [-0.39, 0.29) is 13.4 Å². The van der Waals surface area contributed by atoms with E-state index in [4.69, 9.17) is 9.47 Å². The molecule has 11 aromatic rings. The van der Waals surface area contributed by atoms with Crippen molar-refractivity contribution in [1.82, 2.24) is 0 Å². The van der Waals surface area contributed by atoms with Crippen molar-refractivity contribution in [3.63, 3.8) is 0 Å². The molecule has 15 rings (SSSR count). The maximum absolute atomic E-state index is 7.73. The summed E-state index contributed by atoms with van der Waals surface area (Å²) in [5, 5.41) is 0. The molecule has 4 heterocycles. The van der Waals surface area contributed by atoms with Crippen LogP contribution in [0.4, 0.5) is 68.2 Å². The summed E-state index contributed by atoms with van der Waals surface area (Å²) in [7, 11) is 0. The summed E-state index contributed by atoms with van der Waals surface area (Å²) in [6.45, 7) is -0.317. The van der Waals surface area contributed by atoms with Crippen molar-refractivity contribution in [3.05, 3.63) is 267 Å². The molecule has 4 aliphatic rings. The van der Waals surface area contributed by atoms with Crippen molar-refractivity contribution in [3.8, 4) is 23.0 Å². The van der Waals surface area contributed by atoms with Crippen LogP contribution in [0, 0.1) is 0 Å². The zero-order chi connectivity index (χ0) is 48.7. The zero-order valence-corrected chi connectivity index (χ0v) is 40.2. The second-order valence-electron chi connectivity index (χ2n) is 19.2. The first kappa shape index (κ1) is 42.1. The van der Waals surface area contributed by atoms with Gasteiger partial charge in [-0.2, -0.15) is 0 Å². The highest BCUT2D eigenvalue weighted by Crippen LogP contribution is 2.51. The third kappa shape index (κ3) is 6.55. The number of nitrogens with zero attached hydrogens (tertiary/aromatic N) is 4. The quantitative estimate of drug-likeness (QED) is 0.141. The van der Waals surface area contributed by atoms with E-state index in [9.17, 15) is 0 Å². The van der Waals surface area contributed by atoms with Crippen molar-refractivity contribution in [2.45, 2.75) is 0 Å². The zero-order valence-electron chi connectivity index (χ0n) is 40.2. The Morgan fingerprint density at radius 3 is 1.27 bits per heavy atom. The average molecular weight is 947 g/mol. The lowest BCUT2D eigenvalue weighted by Gasteiger charge is -2.46. The van der Waals surface area contributed by atoms with Crippen molar-refractivity contribution >= 4 is 114 Å². The number of fused-ring (bicyclic) bond motifs is 9. The Morgan fingerprint density at radius 1 is 0.284 bits per heavy atom. The van der Waals surface area contributed by atoms with E-state index in [0.717, 1.165) is 108 Å². The van der Waals surface area contributed by atoms with E-state index in [1.54, 1.807) is 0 Å². The Morgan fingerprint density at radius 2 is 0.703 bits per heavy atom. The topological polar surface area (TPSA) is 31.4 Å². The van der Waals surface area contributed by atoms with Gasteiger partial charge in [0.05, 0.1) is 17.1 Å². The van der Waals surface area contributed by atoms with Gasteiger partial charge in [0.1, 0.15) is 23.0 Å². The van der Waals surface area contributed by atoms with Crippen LogP contribution in [-0.4, -0.2) is 13.4 Å². The van der Waals surface area contributed by atoms with Crippen LogP contribution >= 0.6 is 0 Å². The fourth-order valence-electron chi connectivity index (χ4n) is 12.1. The van der Waals surface area contributed by atoms with Gasteiger partial charge in [0.25, 0.3) is 13.4 Å². The molecule has 4 aliphatic heterocycles. The van der Waals surface area contributed by atoms with Gasteiger partial charge in [0.15, 0.2) is 0 Å². The minimum Gasteiger partial charge on any atom is -0.458 e. The monoisotopic (exact) mass is 946 g/mol. The lowest BCUT2D eigenvalue weighted by Crippen LogP contribution is -2.63. The van der Waals surface area contributed by atoms with Gasteiger partial charge < -0.3 is 29.1 Å². The van der Waals surface area contributed by atoms with Crippen molar-refractivity contribution in [2.75, 3.05) is 19.6 Å². The van der Waals surface area contributed by atoms with E-state index in [0.29, 0.717) is 0 Å². The van der Waals surface area contributed by atoms with Crippen LogP contribution in [0.3, 0.4) is 0 Å². The van der Waals surface area contributed by atoms with E-state index in [1.807, 2.05) is 0 Å². The maximum Gasteiger partial charge on any atom is 0.260 e. The molecule has 11 aromatic carbocycles. The van der Waals surface area contributed by atoms with E-state index in [1.165, 1.54) is 16.4 Å². The third-order valence-corrected chi connectivity index (χ3v) is 15.1. The van der Waals surface area contributed by atoms with Crippen LogP contribution < -0.4 is 61.9 Å². The van der Waals surface area contributed by atoms with Crippen LogP contribution in [0.15, 0.2) is 267 Å². The molecule has 0 aliphatic carbocycles. The summed E-state index contributed by atoms with van der Waals surface area (Å²) in [5.74, 6) is 3.22. The van der Waals surface area contributed by atoms with Crippen LogP contribution in [0.2, 0.25) is 0 Å². The summed E-state index contributed by atoms with van der Waals surface area (Å²) in [5.41, 5.74) is 19.5. The Labute approximate surface area is 431 Å². The van der Waals surface area contributed by atoms with Gasteiger partial charge in [-0.05, 0) is 124 Å². The maximum atomic E-state index is 7.73. The Bertz CT molecular complexity index is 3860. The molecule has 346 valence electrons. The van der Waals surface area contributed by atoms with Crippen LogP contribution in [-0.2, 0) is 0 Å². The van der Waals surface area contributed by atoms with Gasteiger partial charge in [-0.15, -0.1) is 0 Å². The number of para-hydroxylation sites is 8. The summed E-state index contributed by atoms with van der Waals surface area (Å²) >= 11 is 0. The highest BCUT2D eigenvalue weighted by atomic mass is 16.5. The standard InChI is InChI=1S/C66H44B2N4O2/c1-7-23-45(24-8-1)69(46-25-9-2-10-26-46)51-41-58-63-59(42-51)72(50-33-17-6-18-34-50)65-55(67(63)53-35-19-21-37-57(53)71(58)49-31-15-5-16-32-49)39-40-56-66(65)74-62-44-52(43-61-64(62)68(56)54-36-20-22-38-60(54)73-61)70(47-27-11-3-12-28-47)48-29-13-4-14-30-48/h1-44H. The average Bonchev–Trinajstić information content (AvgIpc) is 3.51. The van der Waals surface area contributed by atoms with Crippen molar-refractivity contribution in [1.29, 1.82) is 0 Å². The number of hydrogen-bond donors (Lipinski definition) is 0. The fraction of sp³-hybridized carbons (Fsp3) is 0. The molecule has 8 heteroatoms. The molecule has 0 N–H and O–H groups in total. The predicted molar refractivity (Wildman–Crippen MR) is 308 cm³/mol. The molecule has 74 heavy (non-hydrogen) atoms. The predicted octanol–water partition coefficient (Wildman–Crippen LogP) is 13.4. The first-order chi connectivity index (χ1) is 36.7. The lowest BCUT2D eigenvalue weighted by atomic mass is 9.31. The Kier molecular flexibility index (Phi) is 9.67. The molecule has 0 saturated heterocycles. The summed E-state index contributed by atoms with van der Waals surface area (Å²) < 4.78 is 14.7. The highest BCUT2D eigenvalue weighted by molar-refractivity contribution is 7.01. The van der Waals surface area contributed by atoms with Gasteiger partial charge in [0, 0.05) is 68.8 Å². The molecule has 0 atom stereocenters. The number of rotatable bonds is 8. The van der Waals surface area contributed by atoms with Gasteiger partial charge in [0.2, 0.25) is 0 Å². The highest BCUT2D eigenvalue weighted by Gasteiger charge is 2.48. The molecular weight excluding hydrogens is 902 g/mol. The lowest BCUT2D eigenvalue weighted by molar-refractivity contribution is 0.465. The minimum atomic E-state index is -0.172. The fourth-order valence-corrected chi connectivity index (χ4v) is 12.1. The first-order valence-electron chi connectivity index (χ1n) is 25.3. The molecule has 0 amide bonds. The Hall–Kier alpha value is -9.65. The van der Waals surface area contributed by atoms with Gasteiger partial charge in [-0.1, -0.05) is 158 Å². The molecule has 0 fully saturated rings. The minimum absolute atomic E-state index is 0.145. The summed E-state index contributed by atoms with van der Waals surface area (Å²) in [6, 6.07) is 95.6. The van der Waals surface area contributed by atoms with Gasteiger partial charge in [-0.3, -0.25) is 0 Å². The van der Waals surface area contributed by atoms with Crippen molar-refractivity contribution < 1.29 is 9.47 Å². The van der Waals surface area contributed by atoms with Crippen molar-refractivity contribution in [2.24, 2.45) is 0 Å². The van der Waals surface area contributed by atoms with Gasteiger partial charge >= 0.3 is 0 Å². The molecule has 0 saturated carbocycles. The van der Waals surface area contributed by atoms with E-state index >= 15 is 0 Å². The second kappa shape index (κ2) is 17.0. The van der Waals surface area contributed by atoms with Crippen LogP contribution in [0.5, 0.6) is 23.0 Å². The Balaban J connectivity index is 1.03. The van der Waals surface area contributed by atoms with Gasteiger partial charge in [-0.25, -0.2) is 0 Å². The van der Waals surface area contributed by atoms with Crippen LogP contribution in [0.1, 0.15) is 0 Å². The molecule has 0 spiro atoms. The molecule has 0 bridgehead atoms. The van der Waals surface area contributed by atoms with E-state index < -0.39 is 0 Å². The molecule has 0 aromatic heterocycles. The normalized spacial score (nSPS) is 13.0. The largest absolute Gasteiger partial charge is 0.458 e. The molecular formula is C66H44B2N4O2. The second-order valence-corrected chi connectivity index (χ2v) is 19.2. The third-order valence-electron chi connectivity index (χ3n) is 15.1. The number of benzene rings is 11. The summed E-state index contributed by atoms with van der Waals surface area (Å²) in [4.78, 5) is 9.62. The SMILES string of the molecule is c1ccc(N(c2ccccc2)c2cc3c4c(c2)Oc2c(ccc5c2N(c2ccccc2)c2cc(N(c6ccccc6)c6ccccc6)cc6c2B5c2ccccc2N6c2ccccc2)B4c2ccccc2O3)cc1. The molecule has 6 nitrogen and oxygen atoms in total. The molecule has 0 radical (unpaired) electrons. The first-order valence-corrected chi connectivity index (χ1v) is 25.3. The number of anilines is 12. The van der Waals surface area contributed by atoms with Crippen LogP contribution in [0.25, 0.3) is 0 Å². The molecule has 0 unspecified atom stereocenters.